The quantitative estimate of drug-likeness (QED) is 0.599. The van der Waals surface area contributed by atoms with Crippen molar-refractivity contribution in [3.8, 4) is 0 Å². The van der Waals surface area contributed by atoms with E-state index in [0.29, 0.717) is 6.61 Å². The summed E-state index contributed by atoms with van der Waals surface area (Å²) in [6, 6.07) is 3.88. The Labute approximate surface area is 64.7 Å². The molecule has 3 heteroatoms. The fraction of sp³-hybridized carbons (Fsp3) is 0.250. The summed E-state index contributed by atoms with van der Waals surface area (Å²) in [5.41, 5.74) is 2.13. The lowest BCUT2D eigenvalue weighted by molar-refractivity contribution is 0.174. The van der Waals surface area contributed by atoms with E-state index < -0.39 is 0 Å². The molecular weight excluding hydrogens is 140 g/mol. The van der Waals surface area contributed by atoms with E-state index in [4.69, 9.17) is 4.84 Å². The third-order valence-corrected chi connectivity index (χ3v) is 1.62. The number of hydrogen-bond acceptors (Lipinski definition) is 3. The Morgan fingerprint density at radius 3 is 2.73 bits per heavy atom. The molecule has 0 fully saturated rings. The number of hydrogen-bond donors (Lipinski definition) is 0. The molecule has 0 N–H and O–H groups in total. The van der Waals surface area contributed by atoms with Gasteiger partial charge in [0.2, 0.25) is 0 Å². The van der Waals surface area contributed by atoms with Crippen LogP contribution in [0, 0.1) is 0 Å². The van der Waals surface area contributed by atoms with Crippen LogP contribution in [0.15, 0.2) is 29.7 Å². The van der Waals surface area contributed by atoms with E-state index in [-0.39, 0.29) is 0 Å². The lowest BCUT2D eigenvalue weighted by Crippen LogP contribution is -1.96. The molecule has 1 aliphatic heterocycles. The second-order valence-corrected chi connectivity index (χ2v) is 2.36. The van der Waals surface area contributed by atoms with Crippen LogP contribution in [0.4, 0.5) is 0 Å². The zero-order chi connectivity index (χ0) is 7.52. The molecule has 11 heavy (non-hydrogen) atoms. The third-order valence-electron chi connectivity index (χ3n) is 1.62. The predicted molar refractivity (Wildman–Crippen MR) is 41.3 cm³/mol. The molecule has 0 bridgehead atoms. The summed E-state index contributed by atoms with van der Waals surface area (Å²) in [6.45, 7) is 0.706. The van der Waals surface area contributed by atoms with Gasteiger partial charge in [0.15, 0.2) is 0 Å². The number of nitrogens with zero attached hydrogens (tertiary/aromatic N) is 2. The van der Waals surface area contributed by atoms with Crippen LogP contribution in [0.5, 0.6) is 0 Å². The molecule has 0 radical (unpaired) electrons. The van der Waals surface area contributed by atoms with E-state index in [2.05, 4.69) is 10.1 Å². The van der Waals surface area contributed by atoms with Crippen molar-refractivity contribution >= 4 is 5.71 Å². The molecule has 0 aliphatic carbocycles. The summed E-state index contributed by atoms with van der Waals surface area (Å²) in [7, 11) is 0. The van der Waals surface area contributed by atoms with Crippen molar-refractivity contribution in [3.05, 3.63) is 30.1 Å². The first kappa shape index (κ1) is 6.34. The van der Waals surface area contributed by atoms with Crippen molar-refractivity contribution in [1.29, 1.82) is 0 Å². The molecule has 1 aromatic rings. The van der Waals surface area contributed by atoms with Crippen LogP contribution < -0.4 is 0 Å². The number of pyridine rings is 1. The van der Waals surface area contributed by atoms with E-state index in [1.54, 1.807) is 12.4 Å². The first-order valence-corrected chi connectivity index (χ1v) is 3.56. The maximum absolute atomic E-state index is 4.88. The molecule has 0 saturated heterocycles. The Morgan fingerprint density at radius 2 is 2.09 bits per heavy atom. The van der Waals surface area contributed by atoms with Gasteiger partial charge in [0, 0.05) is 24.4 Å². The predicted octanol–water partition coefficient (Wildman–Crippen LogP) is 1.21. The third kappa shape index (κ3) is 1.22. The van der Waals surface area contributed by atoms with Crippen molar-refractivity contribution in [2.45, 2.75) is 6.42 Å². The second-order valence-electron chi connectivity index (χ2n) is 2.36. The van der Waals surface area contributed by atoms with Gasteiger partial charge in [-0.3, -0.25) is 4.98 Å². The first-order chi connectivity index (χ1) is 5.47. The summed E-state index contributed by atoms with van der Waals surface area (Å²) in [6.07, 6.45) is 4.43. The van der Waals surface area contributed by atoms with Gasteiger partial charge in [-0.05, 0) is 12.1 Å². The van der Waals surface area contributed by atoms with E-state index in [9.17, 15) is 0 Å². The van der Waals surface area contributed by atoms with Crippen LogP contribution in [0.25, 0.3) is 0 Å². The summed E-state index contributed by atoms with van der Waals surface area (Å²) in [5, 5.41) is 3.89. The summed E-state index contributed by atoms with van der Waals surface area (Å²) in [5.74, 6) is 0. The van der Waals surface area contributed by atoms with E-state index in [0.717, 1.165) is 17.7 Å². The molecule has 0 aromatic carbocycles. The van der Waals surface area contributed by atoms with Crippen LogP contribution in [-0.2, 0) is 4.84 Å². The van der Waals surface area contributed by atoms with Crippen LogP contribution in [0.2, 0.25) is 0 Å². The molecule has 1 aliphatic rings. The number of oxime groups is 1. The molecule has 0 spiro atoms. The largest absolute Gasteiger partial charge is 0.395 e. The molecule has 2 rings (SSSR count). The molecule has 0 saturated carbocycles. The molecule has 0 unspecified atom stereocenters. The highest BCUT2D eigenvalue weighted by atomic mass is 16.6. The highest BCUT2D eigenvalue weighted by Crippen LogP contribution is 2.08. The van der Waals surface area contributed by atoms with Gasteiger partial charge in [0.05, 0.1) is 5.71 Å². The molecule has 2 heterocycles. The molecule has 56 valence electrons. The Kier molecular flexibility index (Phi) is 1.55. The Bertz CT molecular complexity index is 269. The lowest BCUT2D eigenvalue weighted by Gasteiger charge is -1.93. The van der Waals surface area contributed by atoms with E-state index in [1.807, 2.05) is 12.1 Å². The highest BCUT2D eigenvalue weighted by molar-refractivity contribution is 6.00. The van der Waals surface area contributed by atoms with Gasteiger partial charge in [-0.1, -0.05) is 5.16 Å². The fourth-order valence-electron chi connectivity index (χ4n) is 1.05. The molecule has 0 atom stereocenters. The van der Waals surface area contributed by atoms with Gasteiger partial charge in [-0.2, -0.15) is 0 Å². The van der Waals surface area contributed by atoms with Crippen LogP contribution in [0.3, 0.4) is 0 Å². The molecule has 3 nitrogen and oxygen atoms in total. The van der Waals surface area contributed by atoms with Crippen LogP contribution in [0.1, 0.15) is 12.0 Å². The maximum Gasteiger partial charge on any atom is 0.122 e. The average molecular weight is 148 g/mol. The fourth-order valence-corrected chi connectivity index (χ4v) is 1.05. The highest BCUT2D eigenvalue weighted by Gasteiger charge is 2.09. The van der Waals surface area contributed by atoms with Crippen molar-refractivity contribution < 1.29 is 4.84 Å². The van der Waals surface area contributed by atoms with Gasteiger partial charge in [-0.15, -0.1) is 0 Å². The smallest absolute Gasteiger partial charge is 0.122 e. The van der Waals surface area contributed by atoms with Crippen LogP contribution in [-0.4, -0.2) is 17.3 Å². The minimum Gasteiger partial charge on any atom is -0.395 e. The average Bonchev–Trinajstić information content (AvgIpc) is 2.58. The lowest BCUT2D eigenvalue weighted by atomic mass is 10.1. The van der Waals surface area contributed by atoms with Gasteiger partial charge in [-0.25, -0.2) is 0 Å². The Morgan fingerprint density at radius 1 is 1.27 bits per heavy atom. The maximum atomic E-state index is 4.88. The SMILES string of the molecule is c1cc(C2=NOCC2)ccn1. The summed E-state index contributed by atoms with van der Waals surface area (Å²) >= 11 is 0. The van der Waals surface area contributed by atoms with Crippen molar-refractivity contribution in [2.75, 3.05) is 6.61 Å². The topological polar surface area (TPSA) is 34.5 Å². The minimum atomic E-state index is 0.706. The van der Waals surface area contributed by atoms with E-state index >= 15 is 0 Å². The Balaban J connectivity index is 2.29. The van der Waals surface area contributed by atoms with Gasteiger partial charge < -0.3 is 4.84 Å². The van der Waals surface area contributed by atoms with Crippen molar-refractivity contribution in [2.24, 2.45) is 5.16 Å². The standard InChI is InChI=1S/C8H8N2O/c1-4-9-5-2-7(1)8-3-6-11-10-8/h1-2,4-5H,3,6H2. The first-order valence-electron chi connectivity index (χ1n) is 3.56. The summed E-state index contributed by atoms with van der Waals surface area (Å²) < 4.78 is 0. The van der Waals surface area contributed by atoms with Gasteiger partial charge in [0.1, 0.15) is 6.61 Å². The zero-order valence-corrected chi connectivity index (χ0v) is 6.03. The Hall–Kier alpha value is -1.38. The van der Waals surface area contributed by atoms with Crippen molar-refractivity contribution in [3.63, 3.8) is 0 Å². The number of rotatable bonds is 1. The van der Waals surface area contributed by atoms with E-state index in [1.165, 1.54) is 0 Å². The summed E-state index contributed by atoms with van der Waals surface area (Å²) in [4.78, 5) is 8.80. The zero-order valence-electron chi connectivity index (χ0n) is 6.03. The second kappa shape index (κ2) is 2.70. The molecular formula is C8H8N2O. The molecule has 0 amide bonds. The van der Waals surface area contributed by atoms with Gasteiger partial charge in [0.25, 0.3) is 0 Å². The molecule has 1 aromatic heterocycles. The normalized spacial score (nSPS) is 15.8. The van der Waals surface area contributed by atoms with Crippen LogP contribution >= 0.6 is 0 Å². The van der Waals surface area contributed by atoms with Gasteiger partial charge >= 0.3 is 0 Å². The number of aromatic nitrogens is 1. The van der Waals surface area contributed by atoms with Crippen molar-refractivity contribution in [1.82, 2.24) is 4.98 Å². The minimum absolute atomic E-state index is 0.706. The monoisotopic (exact) mass is 148 g/mol.